The van der Waals surface area contributed by atoms with Crippen molar-refractivity contribution in [3.63, 3.8) is 0 Å². The van der Waals surface area contributed by atoms with Crippen molar-refractivity contribution in [3.05, 3.63) is 35.1 Å². The molecule has 0 unspecified atom stereocenters. The van der Waals surface area contributed by atoms with Gasteiger partial charge in [-0.05, 0) is 31.0 Å². The number of rotatable bonds is 5. The lowest BCUT2D eigenvalue weighted by Crippen LogP contribution is -2.33. The fraction of sp³-hybridized carbons (Fsp3) is 0.462. The highest BCUT2D eigenvalue weighted by atomic mass is 19.4. The summed E-state index contributed by atoms with van der Waals surface area (Å²) in [6.45, 7) is 0.752. The molecule has 1 aliphatic rings. The fourth-order valence-electron chi connectivity index (χ4n) is 1.71. The third-order valence-corrected chi connectivity index (χ3v) is 2.96. The number of nitrogens with one attached hydrogen (secondary N) is 2. The van der Waals surface area contributed by atoms with Crippen LogP contribution in [0.4, 0.5) is 17.6 Å². The van der Waals surface area contributed by atoms with E-state index in [4.69, 9.17) is 0 Å². The first-order chi connectivity index (χ1) is 9.38. The Hall–Kier alpha value is -1.63. The average molecular weight is 290 g/mol. The van der Waals surface area contributed by atoms with E-state index in [9.17, 15) is 22.4 Å². The van der Waals surface area contributed by atoms with Crippen molar-refractivity contribution in [2.45, 2.75) is 25.1 Å². The Kier molecular flexibility index (Phi) is 4.27. The zero-order chi connectivity index (χ0) is 14.8. The van der Waals surface area contributed by atoms with Gasteiger partial charge in [0.15, 0.2) is 0 Å². The van der Waals surface area contributed by atoms with Crippen LogP contribution < -0.4 is 10.6 Å². The van der Waals surface area contributed by atoms with E-state index < -0.39 is 29.0 Å². The first kappa shape index (κ1) is 14.8. The Morgan fingerprint density at radius 3 is 2.55 bits per heavy atom. The van der Waals surface area contributed by atoms with E-state index in [2.05, 4.69) is 10.6 Å². The Balaban J connectivity index is 1.96. The van der Waals surface area contributed by atoms with E-state index in [1.807, 2.05) is 0 Å². The molecule has 3 nitrogen and oxygen atoms in total. The van der Waals surface area contributed by atoms with Gasteiger partial charge in [0.1, 0.15) is 5.82 Å². The number of carbonyl (C=O) groups excluding carboxylic acids is 1. The molecule has 0 bridgehead atoms. The van der Waals surface area contributed by atoms with Crippen molar-refractivity contribution in [1.29, 1.82) is 0 Å². The molecule has 0 radical (unpaired) electrons. The molecule has 0 heterocycles. The average Bonchev–Trinajstić information content (AvgIpc) is 3.17. The van der Waals surface area contributed by atoms with Crippen molar-refractivity contribution >= 4 is 5.91 Å². The van der Waals surface area contributed by atoms with Crippen molar-refractivity contribution in [1.82, 2.24) is 10.6 Å². The van der Waals surface area contributed by atoms with Crippen molar-refractivity contribution in [2.24, 2.45) is 0 Å². The monoisotopic (exact) mass is 290 g/mol. The molecule has 0 saturated heterocycles. The number of hydrogen-bond donors (Lipinski definition) is 2. The predicted octanol–water partition coefficient (Wildman–Crippen LogP) is 2.33. The van der Waals surface area contributed by atoms with Gasteiger partial charge in [0.05, 0.1) is 11.1 Å². The summed E-state index contributed by atoms with van der Waals surface area (Å²) in [5, 5.41) is 5.52. The van der Waals surface area contributed by atoms with E-state index in [0.717, 1.165) is 12.8 Å². The molecule has 1 aliphatic carbocycles. The highest BCUT2D eigenvalue weighted by molar-refractivity contribution is 5.94. The van der Waals surface area contributed by atoms with Crippen LogP contribution >= 0.6 is 0 Å². The topological polar surface area (TPSA) is 41.1 Å². The fourth-order valence-corrected chi connectivity index (χ4v) is 1.71. The van der Waals surface area contributed by atoms with Gasteiger partial charge in [0, 0.05) is 19.1 Å². The van der Waals surface area contributed by atoms with Crippen LogP contribution in [0.2, 0.25) is 0 Å². The van der Waals surface area contributed by atoms with Gasteiger partial charge in [-0.15, -0.1) is 0 Å². The number of amides is 1. The lowest BCUT2D eigenvalue weighted by molar-refractivity contribution is -0.137. The van der Waals surface area contributed by atoms with Crippen molar-refractivity contribution in [2.75, 3.05) is 13.1 Å². The Morgan fingerprint density at radius 2 is 1.95 bits per heavy atom. The Labute approximate surface area is 113 Å². The smallest absolute Gasteiger partial charge is 0.351 e. The number of halogens is 4. The highest BCUT2D eigenvalue weighted by Crippen LogP contribution is 2.30. The Bertz CT molecular complexity index is 498. The summed E-state index contributed by atoms with van der Waals surface area (Å²) < 4.78 is 50.9. The van der Waals surface area contributed by atoms with Crippen LogP contribution in [0.5, 0.6) is 0 Å². The molecule has 110 valence electrons. The molecule has 2 rings (SSSR count). The zero-order valence-electron chi connectivity index (χ0n) is 10.6. The minimum Gasteiger partial charge on any atom is -0.351 e. The van der Waals surface area contributed by atoms with Gasteiger partial charge >= 0.3 is 6.18 Å². The van der Waals surface area contributed by atoms with Gasteiger partial charge in [-0.25, -0.2) is 4.39 Å². The lowest BCUT2D eigenvalue weighted by atomic mass is 10.1. The molecule has 7 heteroatoms. The van der Waals surface area contributed by atoms with Crippen LogP contribution in [-0.2, 0) is 6.18 Å². The zero-order valence-corrected chi connectivity index (χ0v) is 10.6. The van der Waals surface area contributed by atoms with Crippen molar-refractivity contribution in [3.8, 4) is 0 Å². The van der Waals surface area contributed by atoms with Gasteiger partial charge in [0.2, 0.25) is 0 Å². The SMILES string of the molecule is O=C(NCCNC1CC1)c1cc(C(F)(F)F)ccc1F. The molecule has 0 aliphatic heterocycles. The summed E-state index contributed by atoms with van der Waals surface area (Å²) in [5.74, 6) is -1.81. The van der Waals surface area contributed by atoms with Crippen molar-refractivity contribution < 1.29 is 22.4 Å². The molecule has 20 heavy (non-hydrogen) atoms. The summed E-state index contributed by atoms with van der Waals surface area (Å²) in [7, 11) is 0. The van der Waals surface area contributed by atoms with Gasteiger partial charge < -0.3 is 10.6 Å². The normalized spacial score (nSPS) is 15.2. The number of benzene rings is 1. The molecule has 1 fully saturated rings. The maximum atomic E-state index is 13.4. The highest BCUT2D eigenvalue weighted by Gasteiger charge is 2.31. The van der Waals surface area contributed by atoms with E-state index in [1.54, 1.807) is 0 Å². The van der Waals surface area contributed by atoms with Crippen LogP contribution in [0.15, 0.2) is 18.2 Å². The van der Waals surface area contributed by atoms with Gasteiger partial charge in [0.25, 0.3) is 5.91 Å². The second-order valence-electron chi connectivity index (χ2n) is 4.68. The molecular weight excluding hydrogens is 276 g/mol. The summed E-state index contributed by atoms with van der Waals surface area (Å²) in [4.78, 5) is 11.7. The molecule has 0 spiro atoms. The first-order valence-corrected chi connectivity index (χ1v) is 6.26. The second-order valence-corrected chi connectivity index (χ2v) is 4.68. The maximum absolute atomic E-state index is 13.4. The first-order valence-electron chi connectivity index (χ1n) is 6.26. The molecule has 1 aromatic carbocycles. The largest absolute Gasteiger partial charge is 0.416 e. The Morgan fingerprint density at radius 1 is 1.25 bits per heavy atom. The standard InChI is InChI=1S/C13H14F4N2O/c14-11-4-1-8(13(15,16)17)7-10(11)12(20)19-6-5-18-9-2-3-9/h1,4,7,9,18H,2-3,5-6H2,(H,19,20). The van der Waals surface area contributed by atoms with Gasteiger partial charge in [-0.3, -0.25) is 4.79 Å². The summed E-state index contributed by atoms with van der Waals surface area (Å²) >= 11 is 0. The quantitative estimate of drug-likeness (QED) is 0.645. The summed E-state index contributed by atoms with van der Waals surface area (Å²) in [6.07, 6.45) is -2.41. The van der Waals surface area contributed by atoms with Crippen LogP contribution in [0.25, 0.3) is 0 Å². The van der Waals surface area contributed by atoms with E-state index >= 15 is 0 Å². The molecule has 2 N–H and O–H groups in total. The van der Waals surface area contributed by atoms with E-state index in [1.165, 1.54) is 0 Å². The molecule has 1 amide bonds. The minimum absolute atomic E-state index is 0.241. The maximum Gasteiger partial charge on any atom is 0.416 e. The summed E-state index contributed by atoms with van der Waals surface area (Å²) in [5.41, 5.74) is -1.63. The lowest BCUT2D eigenvalue weighted by Gasteiger charge is -2.10. The van der Waals surface area contributed by atoms with Gasteiger partial charge in [-0.1, -0.05) is 0 Å². The molecule has 1 saturated carbocycles. The molecule has 1 aromatic rings. The summed E-state index contributed by atoms with van der Waals surface area (Å²) in [6, 6.07) is 2.26. The third kappa shape index (κ3) is 3.93. The predicted molar refractivity (Wildman–Crippen MR) is 64.8 cm³/mol. The van der Waals surface area contributed by atoms with Crippen LogP contribution in [0, 0.1) is 5.82 Å². The second kappa shape index (κ2) is 5.78. The third-order valence-electron chi connectivity index (χ3n) is 2.96. The van der Waals surface area contributed by atoms with Crippen LogP contribution in [0.1, 0.15) is 28.8 Å². The molecule has 0 atom stereocenters. The number of hydrogen-bond acceptors (Lipinski definition) is 2. The number of carbonyl (C=O) groups is 1. The van der Waals surface area contributed by atoms with Crippen LogP contribution in [0.3, 0.4) is 0 Å². The van der Waals surface area contributed by atoms with E-state index in [-0.39, 0.29) is 6.54 Å². The number of alkyl halides is 3. The minimum atomic E-state index is -4.60. The molecular formula is C13H14F4N2O. The van der Waals surface area contributed by atoms with Gasteiger partial charge in [-0.2, -0.15) is 13.2 Å². The van der Waals surface area contributed by atoms with E-state index in [0.29, 0.717) is 30.8 Å². The molecule has 0 aromatic heterocycles. The van der Waals surface area contributed by atoms with Crippen LogP contribution in [-0.4, -0.2) is 25.0 Å².